The van der Waals surface area contributed by atoms with E-state index in [0.717, 1.165) is 67.9 Å². The third-order valence-electron chi connectivity index (χ3n) is 5.63. The van der Waals surface area contributed by atoms with Crippen LogP contribution in [-0.4, -0.2) is 48.1 Å². The second kappa shape index (κ2) is 10.7. The zero-order chi connectivity index (χ0) is 21.5. The Balaban J connectivity index is 1.65. The molecule has 1 aliphatic rings. The molecule has 1 heterocycles. The average molecular weight is 430 g/mol. The molecular weight excluding hydrogens is 398 g/mol. The zero-order valence-corrected chi connectivity index (χ0v) is 18.6. The number of aromatic carboxylic acids is 1. The molecule has 0 spiro atoms. The summed E-state index contributed by atoms with van der Waals surface area (Å²) < 4.78 is 0. The number of carbonyl (C=O) groups excluding carboxylic acids is 1. The Morgan fingerprint density at radius 1 is 1.17 bits per heavy atom. The Morgan fingerprint density at radius 3 is 2.67 bits per heavy atom. The third-order valence-corrected chi connectivity index (χ3v) is 6.84. The molecule has 7 heteroatoms. The first kappa shape index (κ1) is 22.5. The average Bonchev–Trinajstić information content (AvgIpc) is 3.12. The number of anilines is 1. The van der Waals surface area contributed by atoms with Gasteiger partial charge in [-0.15, -0.1) is 11.3 Å². The minimum Gasteiger partial charge on any atom is -0.478 e. The van der Waals surface area contributed by atoms with Crippen molar-refractivity contribution >= 4 is 28.2 Å². The van der Waals surface area contributed by atoms with Gasteiger partial charge in [-0.1, -0.05) is 26.0 Å². The molecule has 162 valence electrons. The minimum atomic E-state index is -0.962. The second-order valence-corrected chi connectivity index (χ2v) is 8.68. The van der Waals surface area contributed by atoms with Crippen molar-refractivity contribution in [2.45, 2.75) is 46.1 Å². The van der Waals surface area contributed by atoms with E-state index in [-0.39, 0.29) is 11.5 Å². The molecule has 1 aliphatic carbocycles. The summed E-state index contributed by atoms with van der Waals surface area (Å²) in [5.41, 5.74) is 2.75. The van der Waals surface area contributed by atoms with E-state index in [1.54, 1.807) is 6.07 Å². The number of carbonyl (C=O) groups is 2. The number of carboxylic acids is 1. The molecule has 0 saturated carbocycles. The first-order valence-electron chi connectivity index (χ1n) is 10.7. The van der Waals surface area contributed by atoms with Gasteiger partial charge >= 0.3 is 5.97 Å². The number of nitrogens with one attached hydrogen (secondary N) is 2. The summed E-state index contributed by atoms with van der Waals surface area (Å²) in [6.07, 6.45) is 3.74. The van der Waals surface area contributed by atoms with Crippen molar-refractivity contribution in [1.82, 2.24) is 10.2 Å². The molecule has 1 aromatic heterocycles. The Labute approximate surface area is 182 Å². The van der Waals surface area contributed by atoms with Crippen LogP contribution in [0.2, 0.25) is 0 Å². The van der Waals surface area contributed by atoms with Gasteiger partial charge in [0.25, 0.3) is 5.91 Å². The van der Waals surface area contributed by atoms with Crippen LogP contribution in [0.25, 0.3) is 0 Å². The van der Waals surface area contributed by atoms with Crippen LogP contribution in [0.4, 0.5) is 5.00 Å². The molecule has 0 atom stereocenters. The molecule has 3 N–H and O–H groups in total. The van der Waals surface area contributed by atoms with Crippen molar-refractivity contribution in [2.75, 3.05) is 31.5 Å². The van der Waals surface area contributed by atoms with Gasteiger partial charge in [0.1, 0.15) is 5.00 Å². The molecule has 1 aromatic carbocycles. The summed E-state index contributed by atoms with van der Waals surface area (Å²) in [6.45, 7) is 8.97. The van der Waals surface area contributed by atoms with Gasteiger partial charge in [-0.2, -0.15) is 0 Å². The van der Waals surface area contributed by atoms with Crippen LogP contribution < -0.4 is 10.6 Å². The predicted molar refractivity (Wildman–Crippen MR) is 122 cm³/mol. The summed E-state index contributed by atoms with van der Waals surface area (Å²) in [5.74, 6) is -1.23. The Kier molecular flexibility index (Phi) is 8.01. The van der Waals surface area contributed by atoms with Crippen molar-refractivity contribution in [2.24, 2.45) is 0 Å². The van der Waals surface area contributed by atoms with E-state index >= 15 is 0 Å². The van der Waals surface area contributed by atoms with Gasteiger partial charge in [0, 0.05) is 30.1 Å². The molecule has 30 heavy (non-hydrogen) atoms. The van der Waals surface area contributed by atoms with E-state index < -0.39 is 5.97 Å². The van der Waals surface area contributed by atoms with Crippen LogP contribution in [0.1, 0.15) is 63.4 Å². The van der Waals surface area contributed by atoms with Gasteiger partial charge < -0.3 is 20.6 Å². The van der Waals surface area contributed by atoms with Crippen LogP contribution in [0.3, 0.4) is 0 Å². The van der Waals surface area contributed by atoms with Gasteiger partial charge in [-0.25, -0.2) is 4.79 Å². The SMILES string of the molecule is CCN(CC)CCNCc1cccc(C(=O)Nc2sc3c(c2C(=O)O)CCCC3)c1. The number of fused-ring (bicyclic) bond motifs is 1. The fourth-order valence-corrected chi connectivity index (χ4v) is 5.16. The molecule has 1 amide bonds. The maximum absolute atomic E-state index is 12.8. The topological polar surface area (TPSA) is 81.7 Å². The largest absolute Gasteiger partial charge is 0.478 e. The highest BCUT2D eigenvalue weighted by atomic mass is 32.1. The van der Waals surface area contributed by atoms with Crippen molar-refractivity contribution in [1.29, 1.82) is 0 Å². The number of thiophene rings is 1. The van der Waals surface area contributed by atoms with E-state index in [0.29, 0.717) is 17.1 Å². The Morgan fingerprint density at radius 2 is 1.93 bits per heavy atom. The highest BCUT2D eigenvalue weighted by Crippen LogP contribution is 2.38. The third kappa shape index (κ3) is 5.47. The number of benzene rings is 1. The standard InChI is InChI=1S/C23H31N3O3S/c1-3-26(4-2)13-12-24-15-16-8-7-9-17(14-16)21(27)25-22-20(23(28)29)18-10-5-6-11-19(18)30-22/h7-9,14,24H,3-6,10-13,15H2,1-2H3,(H,25,27)(H,28,29). The van der Waals surface area contributed by atoms with Gasteiger partial charge in [0.05, 0.1) is 5.56 Å². The first-order chi connectivity index (χ1) is 14.5. The zero-order valence-electron chi connectivity index (χ0n) is 17.8. The van der Waals surface area contributed by atoms with Gasteiger partial charge in [-0.3, -0.25) is 4.79 Å². The van der Waals surface area contributed by atoms with Crippen LogP contribution in [0.5, 0.6) is 0 Å². The van der Waals surface area contributed by atoms with Crippen LogP contribution in [-0.2, 0) is 19.4 Å². The molecular formula is C23H31N3O3S. The van der Waals surface area contributed by atoms with Crippen LogP contribution >= 0.6 is 11.3 Å². The number of likely N-dealkylation sites (N-methyl/N-ethyl adjacent to an activating group) is 1. The maximum Gasteiger partial charge on any atom is 0.339 e. The van der Waals surface area contributed by atoms with Gasteiger partial charge in [0.15, 0.2) is 0 Å². The number of hydrogen-bond donors (Lipinski definition) is 3. The van der Waals surface area contributed by atoms with Gasteiger partial charge in [0.2, 0.25) is 0 Å². The Bertz CT molecular complexity index is 890. The predicted octanol–water partition coefficient (Wildman–Crippen LogP) is 4.01. The molecule has 0 aliphatic heterocycles. The molecule has 3 rings (SSSR count). The van der Waals surface area contributed by atoms with E-state index in [1.165, 1.54) is 11.3 Å². The van der Waals surface area contributed by atoms with Crippen molar-refractivity contribution < 1.29 is 14.7 Å². The molecule has 2 aromatic rings. The molecule has 0 bridgehead atoms. The van der Waals surface area contributed by atoms with E-state index in [1.807, 2.05) is 18.2 Å². The minimum absolute atomic E-state index is 0.263. The fraction of sp³-hybridized carbons (Fsp3) is 0.478. The van der Waals surface area contributed by atoms with Crippen molar-refractivity contribution in [3.8, 4) is 0 Å². The number of nitrogens with zero attached hydrogens (tertiary/aromatic N) is 1. The number of carboxylic acid groups (broad SMARTS) is 1. The highest BCUT2D eigenvalue weighted by molar-refractivity contribution is 7.17. The van der Waals surface area contributed by atoms with Crippen LogP contribution in [0.15, 0.2) is 24.3 Å². The lowest BCUT2D eigenvalue weighted by atomic mass is 9.95. The maximum atomic E-state index is 12.8. The van der Waals surface area contributed by atoms with Crippen molar-refractivity contribution in [3.05, 3.63) is 51.4 Å². The smallest absolute Gasteiger partial charge is 0.339 e. The number of rotatable bonds is 10. The lowest BCUT2D eigenvalue weighted by Gasteiger charge is -2.18. The highest BCUT2D eigenvalue weighted by Gasteiger charge is 2.26. The normalized spacial score (nSPS) is 13.3. The summed E-state index contributed by atoms with van der Waals surface area (Å²) in [5, 5.41) is 16.4. The summed E-state index contributed by atoms with van der Waals surface area (Å²) >= 11 is 1.41. The lowest BCUT2D eigenvalue weighted by molar-refractivity contribution is 0.0697. The summed E-state index contributed by atoms with van der Waals surface area (Å²) in [7, 11) is 0. The molecule has 0 fully saturated rings. The summed E-state index contributed by atoms with van der Waals surface area (Å²) in [4.78, 5) is 28.1. The van der Waals surface area contributed by atoms with Crippen LogP contribution in [0, 0.1) is 0 Å². The molecule has 0 radical (unpaired) electrons. The fourth-order valence-electron chi connectivity index (χ4n) is 3.89. The molecule has 0 unspecified atom stereocenters. The molecule has 0 saturated heterocycles. The molecule has 6 nitrogen and oxygen atoms in total. The second-order valence-electron chi connectivity index (χ2n) is 7.58. The lowest BCUT2D eigenvalue weighted by Crippen LogP contribution is -2.31. The van der Waals surface area contributed by atoms with Crippen molar-refractivity contribution in [3.63, 3.8) is 0 Å². The van der Waals surface area contributed by atoms with E-state index in [2.05, 4.69) is 29.4 Å². The van der Waals surface area contributed by atoms with E-state index in [9.17, 15) is 14.7 Å². The number of hydrogen-bond acceptors (Lipinski definition) is 5. The number of amides is 1. The van der Waals surface area contributed by atoms with E-state index in [4.69, 9.17) is 0 Å². The van der Waals surface area contributed by atoms with Gasteiger partial charge in [-0.05, 0) is 62.0 Å². The number of aryl methyl sites for hydroxylation is 1. The monoisotopic (exact) mass is 429 g/mol. The quantitative estimate of drug-likeness (QED) is 0.497. The Hall–Kier alpha value is -2.22. The summed E-state index contributed by atoms with van der Waals surface area (Å²) in [6, 6.07) is 7.50. The first-order valence-corrected chi connectivity index (χ1v) is 11.6.